The molecule has 0 fully saturated rings. The Morgan fingerprint density at radius 2 is 2.12 bits per heavy atom. The molecule has 0 unspecified atom stereocenters. The first-order valence-electron chi connectivity index (χ1n) is 5.40. The molecule has 0 bridgehead atoms. The molecular weight excluding hydrogens is 369 g/mol. The number of halogens is 3. The van der Waals surface area contributed by atoms with Gasteiger partial charge >= 0.3 is 0 Å². The molecule has 17 heavy (non-hydrogen) atoms. The fourth-order valence-electron chi connectivity index (χ4n) is 1.52. The number of carbonyl (C=O) groups excluding carboxylic acids is 1. The number of hydrogen-bond donors (Lipinski definition) is 0. The zero-order valence-electron chi connectivity index (χ0n) is 9.55. The molecule has 5 heteroatoms. The Labute approximate surface area is 124 Å². The summed E-state index contributed by atoms with van der Waals surface area (Å²) in [7, 11) is 0. The van der Waals surface area contributed by atoms with Crippen LogP contribution in [0.25, 0.3) is 0 Å². The topological polar surface area (TPSA) is 20.3 Å². The van der Waals surface area contributed by atoms with Crippen molar-refractivity contribution in [2.24, 2.45) is 0 Å². The van der Waals surface area contributed by atoms with E-state index >= 15 is 0 Å². The van der Waals surface area contributed by atoms with Crippen molar-refractivity contribution in [3.63, 3.8) is 0 Å². The summed E-state index contributed by atoms with van der Waals surface area (Å²) in [5.74, 6) is -0.0161. The van der Waals surface area contributed by atoms with E-state index in [1.807, 2.05) is 11.0 Å². The lowest BCUT2D eigenvalue weighted by Gasteiger charge is -2.21. The van der Waals surface area contributed by atoms with Gasteiger partial charge < -0.3 is 4.90 Å². The summed E-state index contributed by atoms with van der Waals surface area (Å²) >= 11 is 12.8. The minimum absolute atomic E-state index is 0.0161. The third kappa shape index (κ3) is 4.27. The molecule has 0 heterocycles. The lowest BCUT2D eigenvalue weighted by molar-refractivity contribution is 0.0766. The van der Waals surface area contributed by atoms with E-state index in [9.17, 15) is 4.79 Å². The molecule has 2 nitrogen and oxygen atoms in total. The lowest BCUT2D eigenvalue weighted by Crippen LogP contribution is -2.33. The van der Waals surface area contributed by atoms with Crippen molar-refractivity contribution in [1.82, 2.24) is 4.90 Å². The molecule has 1 aromatic carbocycles. The van der Waals surface area contributed by atoms with Crippen LogP contribution >= 0.6 is 43.5 Å². The smallest absolute Gasteiger partial charge is 0.255 e. The van der Waals surface area contributed by atoms with Gasteiger partial charge in [-0.1, -0.05) is 50.4 Å². The molecule has 0 N–H and O–H groups in total. The second-order valence-corrected chi connectivity index (χ2v) is 5.72. The molecule has 0 aliphatic carbocycles. The second kappa shape index (κ2) is 7.39. The van der Waals surface area contributed by atoms with E-state index < -0.39 is 0 Å². The summed E-state index contributed by atoms with van der Waals surface area (Å²) in [6.07, 6.45) is 0.935. The van der Waals surface area contributed by atoms with Crippen LogP contribution in [-0.4, -0.2) is 29.2 Å². The summed E-state index contributed by atoms with van der Waals surface area (Å²) in [6.45, 7) is 3.49. The van der Waals surface area contributed by atoms with Crippen LogP contribution in [0.1, 0.15) is 23.7 Å². The van der Waals surface area contributed by atoms with Crippen molar-refractivity contribution in [3.05, 3.63) is 33.3 Å². The average Bonchev–Trinajstić information content (AvgIpc) is 2.31. The van der Waals surface area contributed by atoms with Crippen LogP contribution in [0.4, 0.5) is 0 Å². The third-order valence-corrected chi connectivity index (χ3v) is 3.47. The van der Waals surface area contributed by atoms with Crippen LogP contribution in [-0.2, 0) is 0 Å². The zero-order chi connectivity index (χ0) is 12.8. The van der Waals surface area contributed by atoms with Gasteiger partial charge in [-0.25, -0.2) is 0 Å². The maximum Gasteiger partial charge on any atom is 0.255 e. The molecule has 0 radical (unpaired) electrons. The van der Waals surface area contributed by atoms with Crippen molar-refractivity contribution in [2.75, 3.05) is 18.4 Å². The van der Waals surface area contributed by atoms with Crippen molar-refractivity contribution in [2.45, 2.75) is 13.3 Å². The molecule has 0 aliphatic rings. The summed E-state index contributed by atoms with van der Waals surface area (Å²) in [5, 5.41) is 1.26. The predicted octanol–water partition coefficient (Wildman–Crippen LogP) is 4.35. The number of hydrogen-bond acceptors (Lipinski definition) is 1. The fraction of sp³-hybridized carbons (Fsp3) is 0.417. The minimum atomic E-state index is -0.0161. The highest BCUT2D eigenvalue weighted by Crippen LogP contribution is 2.22. The summed E-state index contributed by atoms with van der Waals surface area (Å²) in [5.41, 5.74) is 0.551. The van der Waals surface area contributed by atoms with Gasteiger partial charge in [0.2, 0.25) is 0 Å². The molecule has 0 saturated heterocycles. The van der Waals surface area contributed by atoms with Gasteiger partial charge in [0, 0.05) is 22.9 Å². The summed E-state index contributed by atoms with van der Waals surface area (Å²) in [4.78, 5) is 14.1. The van der Waals surface area contributed by atoms with Gasteiger partial charge in [0.1, 0.15) is 0 Å². The Hall–Kier alpha value is -0.0600. The van der Waals surface area contributed by atoms with Gasteiger partial charge in [0.25, 0.3) is 5.91 Å². The molecule has 94 valence electrons. The number of alkyl halides is 1. The lowest BCUT2D eigenvalue weighted by atomic mass is 10.2. The highest BCUT2D eigenvalue weighted by atomic mass is 79.9. The molecule has 1 rings (SSSR count). The van der Waals surface area contributed by atoms with Crippen LogP contribution < -0.4 is 0 Å². The molecule has 0 aromatic heterocycles. The van der Waals surface area contributed by atoms with Crippen LogP contribution in [0.5, 0.6) is 0 Å². The van der Waals surface area contributed by atoms with Gasteiger partial charge in [0.15, 0.2) is 0 Å². The first-order chi connectivity index (χ1) is 8.10. The van der Waals surface area contributed by atoms with E-state index in [0.717, 1.165) is 22.8 Å². The van der Waals surface area contributed by atoms with Crippen molar-refractivity contribution in [1.29, 1.82) is 0 Å². The van der Waals surface area contributed by atoms with Crippen LogP contribution in [0, 0.1) is 0 Å². The normalized spacial score (nSPS) is 10.4. The second-order valence-electron chi connectivity index (χ2n) is 3.61. The molecular formula is C12H14Br2ClNO. The number of nitrogens with zero attached hydrogens (tertiary/aromatic N) is 1. The Morgan fingerprint density at radius 3 is 2.71 bits per heavy atom. The van der Waals surface area contributed by atoms with E-state index in [-0.39, 0.29) is 5.91 Å². The van der Waals surface area contributed by atoms with E-state index in [4.69, 9.17) is 11.6 Å². The highest BCUT2D eigenvalue weighted by Gasteiger charge is 2.17. The summed E-state index contributed by atoms with van der Waals surface area (Å²) in [6, 6.07) is 5.33. The summed E-state index contributed by atoms with van der Waals surface area (Å²) < 4.78 is 0.862. The number of amides is 1. The highest BCUT2D eigenvalue weighted by molar-refractivity contribution is 9.10. The molecule has 0 atom stereocenters. The Morgan fingerprint density at radius 1 is 1.41 bits per heavy atom. The first kappa shape index (κ1) is 15.0. The monoisotopic (exact) mass is 381 g/mol. The van der Waals surface area contributed by atoms with Crippen LogP contribution in [0.3, 0.4) is 0 Å². The quantitative estimate of drug-likeness (QED) is 0.692. The molecule has 0 saturated carbocycles. The van der Waals surface area contributed by atoms with Gasteiger partial charge in [-0.2, -0.15) is 0 Å². The van der Waals surface area contributed by atoms with Gasteiger partial charge in [-0.15, -0.1) is 0 Å². The van der Waals surface area contributed by atoms with Gasteiger partial charge in [-0.3, -0.25) is 4.79 Å². The van der Waals surface area contributed by atoms with Crippen molar-refractivity contribution in [3.8, 4) is 0 Å². The predicted molar refractivity (Wildman–Crippen MR) is 79.1 cm³/mol. The molecule has 1 aromatic rings. The maximum absolute atomic E-state index is 12.3. The largest absolute Gasteiger partial charge is 0.338 e. The standard InChI is InChI=1S/C12H14Br2ClNO/c1-2-6-16(7-5-13)12(17)10-8-9(14)3-4-11(10)15/h3-4,8H,2,5-7H2,1H3. The van der Waals surface area contributed by atoms with Gasteiger partial charge in [-0.05, 0) is 24.6 Å². The SMILES string of the molecule is CCCN(CCBr)C(=O)c1cc(Br)ccc1Cl. The molecule has 0 spiro atoms. The Balaban J connectivity index is 2.95. The number of benzene rings is 1. The Bertz CT molecular complexity index is 392. The molecule has 1 amide bonds. The maximum atomic E-state index is 12.3. The zero-order valence-corrected chi connectivity index (χ0v) is 13.5. The van der Waals surface area contributed by atoms with Gasteiger partial charge in [0.05, 0.1) is 10.6 Å². The average molecular weight is 384 g/mol. The van der Waals surface area contributed by atoms with Crippen molar-refractivity contribution >= 4 is 49.4 Å². The Kier molecular flexibility index (Phi) is 6.52. The third-order valence-electron chi connectivity index (χ3n) is 2.29. The van der Waals surface area contributed by atoms with Crippen LogP contribution in [0.2, 0.25) is 5.02 Å². The molecule has 0 aliphatic heterocycles. The van der Waals surface area contributed by atoms with E-state index in [1.54, 1.807) is 12.1 Å². The van der Waals surface area contributed by atoms with Crippen molar-refractivity contribution < 1.29 is 4.79 Å². The van der Waals surface area contributed by atoms with Crippen LogP contribution in [0.15, 0.2) is 22.7 Å². The number of carbonyl (C=O) groups is 1. The van der Waals surface area contributed by atoms with E-state index in [2.05, 4.69) is 38.8 Å². The fourth-order valence-corrected chi connectivity index (χ4v) is 2.51. The first-order valence-corrected chi connectivity index (χ1v) is 7.69. The van der Waals surface area contributed by atoms with E-state index in [1.165, 1.54) is 0 Å². The number of rotatable bonds is 5. The van der Waals surface area contributed by atoms with E-state index in [0.29, 0.717) is 17.1 Å². The minimum Gasteiger partial charge on any atom is -0.338 e.